The fourth-order valence-corrected chi connectivity index (χ4v) is 1.70. The summed E-state index contributed by atoms with van der Waals surface area (Å²) < 4.78 is 5.69. The van der Waals surface area contributed by atoms with Crippen LogP contribution in [0.15, 0.2) is 36.5 Å². The largest absolute Gasteiger partial charge is 0.456 e. The van der Waals surface area contributed by atoms with Crippen LogP contribution in [0.5, 0.6) is 11.5 Å². The Bertz CT molecular complexity index is 529. The zero-order valence-corrected chi connectivity index (χ0v) is 10.5. The van der Waals surface area contributed by atoms with Crippen LogP contribution in [0.25, 0.3) is 0 Å². The topological polar surface area (TPSA) is 34.1 Å². The van der Waals surface area contributed by atoms with Gasteiger partial charge in [-0.15, -0.1) is 0 Å². The van der Waals surface area contributed by atoms with Crippen LogP contribution in [0.3, 0.4) is 0 Å². The quantitative estimate of drug-likeness (QED) is 0.895. The number of aryl methyl sites for hydroxylation is 1. The Balaban J connectivity index is 2.25. The van der Waals surface area contributed by atoms with Crippen molar-refractivity contribution in [2.24, 2.45) is 0 Å². The Morgan fingerprint density at radius 3 is 2.76 bits per heavy atom. The number of nitrogens with one attached hydrogen (secondary N) is 1. The number of hydrogen-bond acceptors (Lipinski definition) is 3. The minimum absolute atomic E-state index is 0.604. The van der Waals surface area contributed by atoms with Gasteiger partial charge in [-0.3, -0.25) is 0 Å². The smallest absolute Gasteiger partial charge is 0.146 e. The van der Waals surface area contributed by atoms with Gasteiger partial charge in [0.1, 0.15) is 17.3 Å². The fourth-order valence-electron chi connectivity index (χ4n) is 1.43. The third kappa shape index (κ3) is 2.88. The van der Waals surface area contributed by atoms with Crippen molar-refractivity contribution < 1.29 is 4.74 Å². The van der Waals surface area contributed by atoms with E-state index in [0.29, 0.717) is 16.5 Å². The van der Waals surface area contributed by atoms with Gasteiger partial charge in [0.25, 0.3) is 0 Å². The predicted molar refractivity (Wildman–Crippen MR) is 70.0 cm³/mol. The van der Waals surface area contributed by atoms with Crippen molar-refractivity contribution in [1.82, 2.24) is 4.98 Å². The van der Waals surface area contributed by atoms with Crippen LogP contribution in [0.2, 0.25) is 5.02 Å². The first-order valence-corrected chi connectivity index (χ1v) is 5.64. The summed E-state index contributed by atoms with van der Waals surface area (Å²) in [4.78, 5) is 4.11. The molecule has 0 spiro atoms. The lowest BCUT2D eigenvalue weighted by Gasteiger charge is -2.08. The highest BCUT2D eigenvalue weighted by molar-refractivity contribution is 6.32. The molecule has 0 unspecified atom stereocenters. The summed E-state index contributed by atoms with van der Waals surface area (Å²) in [5.41, 5.74) is 1.10. The summed E-state index contributed by atoms with van der Waals surface area (Å²) >= 11 is 6.10. The molecule has 0 aliphatic carbocycles. The van der Waals surface area contributed by atoms with Crippen molar-refractivity contribution in [3.05, 3.63) is 47.1 Å². The van der Waals surface area contributed by atoms with E-state index in [4.69, 9.17) is 16.3 Å². The minimum Gasteiger partial charge on any atom is -0.456 e. The van der Waals surface area contributed by atoms with Crippen LogP contribution < -0.4 is 10.1 Å². The van der Waals surface area contributed by atoms with E-state index in [2.05, 4.69) is 10.3 Å². The average Bonchev–Trinajstić information content (AvgIpc) is 2.33. The number of benzene rings is 1. The number of halogens is 1. The van der Waals surface area contributed by atoms with Crippen LogP contribution in [0.1, 0.15) is 5.56 Å². The van der Waals surface area contributed by atoms with Crippen molar-refractivity contribution in [1.29, 1.82) is 0 Å². The maximum absolute atomic E-state index is 6.10. The molecule has 0 saturated carbocycles. The first-order chi connectivity index (χ1) is 8.19. The molecule has 0 aliphatic rings. The molecule has 0 amide bonds. The molecular formula is C13H13ClN2O. The summed E-state index contributed by atoms with van der Waals surface area (Å²) in [7, 11) is 1.81. The Hall–Kier alpha value is -1.74. The molecule has 1 heterocycles. The number of nitrogens with zero attached hydrogens (tertiary/aromatic N) is 1. The second kappa shape index (κ2) is 5.06. The third-order valence-electron chi connectivity index (χ3n) is 2.30. The molecule has 2 aromatic rings. The third-order valence-corrected chi connectivity index (χ3v) is 2.60. The second-order valence-corrected chi connectivity index (χ2v) is 4.07. The van der Waals surface area contributed by atoms with Gasteiger partial charge in [0.15, 0.2) is 0 Å². The summed E-state index contributed by atoms with van der Waals surface area (Å²) in [5.74, 6) is 2.10. The van der Waals surface area contributed by atoms with E-state index in [-0.39, 0.29) is 0 Å². The highest BCUT2D eigenvalue weighted by Gasteiger charge is 2.04. The molecule has 1 aromatic carbocycles. The Kier molecular flexibility index (Phi) is 3.49. The standard InChI is InChI=1S/C13H13ClN2O/c1-9-3-4-12(11(14)7-9)17-10-5-6-16-13(8-10)15-2/h3-8H,1-2H3,(H,15,16). The molecule has 3 nitrogen and oxygen atoms in total. The van der Waals surface area contributed by atoms with Crippen molar-refractivity contribution in [3.8, 4) is 11.5 Å². The van der Waals surface area contributed by atoms with Crippen LogP contribution >= 0.6 is 11.6 Å². The number of ether oxygens (including phenoxy) is 1. The zero-order valence-electron chi connectivity index (χ0n) is 9.70. The first-order valence-electron chi connectivity index (χ1n) is 5.27. The molecule has 0 bridgehead atoms. The Morgan fingerprint density at radius 1 is 1.24 bits per heavy atom. The van der Waals surface area contributed by atoms with Crippen LogP contribution in [0, 0.1) is 6.92 Å². The molecule has 2 rings (SSSR count). The molecule has 1 N–H and O–H groups in total. The molecule has 88 valence electrons. The van der Waals surface area contributed by atoms with Gasteiger partial charge in [0.2, 0.25) is 0 Å². The molecule has 1 aromatic heterocycles. The highest BCUT2D eigenvalue weighted by atomic mass is 35.5. The molecular weight excluding hydrogens is 236 g/mol. The highest BCUT2D eigenvalue weighted by Crippen LogP contribution is 2.30. The van der Waals surface area contributed by atoms with Gasteiger partial charge in [-0.25, -0.2) is 4.98 Å². The van der Waals surface area contributed by atoms with Gasteiger partial charge in [-0.05, 0) is 30.7 Å². The SMILES string of the molecule is CNc1cc(Oc2ccc(C)cc2Cl)ccn1. The van der Waals surface area contributed by atoms with E-state index in [1.807, 2.05) is 38.2 Å². The van der Waals surface area contributed by atoms with Crippen LogP contribution in [-0.2, 0) is 0 Å². The Morgan fingerprint density at radius 2 is 2.06 bits per heavy atom. The monoisotopic (exact) mass is 248 g/mol. The normalized spacial score (nSPS) is 10.1. The minimum atomic E-state index is 0.604. The predicted octanol–water partition coefficient (Wildman–Crippen LogP) is 3.88. The van der Waals surface area contributed by atoms with Crippen LogP contribution in [-0.4, -0.2) is 12.0 Å². The molecule has 0 fully saturated rings. The van der Waals surface area contributed by atoms with Crippen molar-refractivity contribution in [2.45, 2.75) is 6.92 Å². The molecule has 4 heteroatoms. The first kappa shape index (κ1) is 11.7. The lowest BCUT2D eigenvalue weighted by molar-refractivity contribution is 0.482. The number of aromatic nitrogens is 1. The van der Waals surface area contributed by atoms with Crippen molar-refractivity contribution in [2.75, 3.05) is 12.4 Å². The summed E-state index contributed by atoms with van der Waals surface area (Å²) in [6.07, 6.45) is 1.68. The lowest BCUT2D eigenvalue weighted by atomic mass is 10.2. The van der Waals surface area contributed by atoms with Gasteiger partial charge in [-0.1, -0.05) is 17.7 Å². The van der Waals surface area contributed by atoms with Gasteiger partial charge in [0, 0.05) is 19.3 Å². The molecule has 0 radical (unpaired) electrons. The van der Waals surface area contributed by atoms with Crippen molar-refractivity contribution >= 4 is 17.4 Å². The van der Waals surface area contributed by atoms with E-state index in [0.717, 1.165) is 11.4 Å². The van der Waals surface area contributed by atoms with E-state index >= 15 is 0 Å². The second-order valence-electron chi connectivity index (χ2n) is 3.66. The Labute approximate surface area is 105 Å². The summed E-state index contributed by atoms with van der Waals surface area (Å²) in [6.45, 7) is 1.99. The number of pyridine rings is 1. The fraction of sp³-hybridized carbons (Fsp3) is 0.154. The van der Waals surface area contributed by atoms with E-state index in [1.165, 1.54) is 0 Å². The summed E-state index contributed by atoms with van der Waals surface area (Å²) in [6, 6.07) is 9.29. The van der Waals surface area contributed by atoms with E-state index in [1.54, 1.807) is 12.3 Å². The van der Waals surface area contributed by atoms with Crippen LogP contribution in [0.4, 0.5) is 5.82 Å². The van der Waals surface area contributed by atoms with Gasteiger partial charge in [0.05, 0.1) is 5.02 Å². The van der Waals surface area contributed by atoms with E-state index in [9.17, 15) is 0 Å². The van der Waals surface area contributed by atoms with Gasteiger partial charge in [-0.2, -0.15) is 0 Å². The summed E-state index contributed by atoms with van der Waals surface area (Å²) in [5, 5.41) is 3.56. The van der Waals surface area contributed by atoms with Gasteiger partial charge < -0.3 is 10.1 Å². The number of hydrogen-bond donors (Lipinski definition) is 1. The average molecular weight is 249 g/mol. The van der Waals surface area contributed by atoms with Gasteiger partial charge >= 0.3 is 0 Å². The maximum Gasteiger partial charge on any atom is 0.146 e. The zero-order chi connectivity index (χ0) is 12.3. The number of anilines is 1. The molecule has 17 heavy (non-hydrogen) atoms. The number of rotatable bonds is 3. The van der Waals surface area contributed by atoms with E-state index < -0.39 is 0 Å². The molecule has 0 atom stereocenters. The molecule has 0 saturated heterocycles. The maximum atomic E-state index is 6.10. The molecule has 0 aliphatic heterocycles. The van der Waals surface area contributed by atoms with Crippen molar-refractivity contribution in [3.63, 3.8) is 0 Å². The lowest BCUT2D eigenvalue weighted by Crippen LogP contribution is -1.92.